The van der Waals surface area contributed by atoms with Crippen molar-refractivity contribution in [1.82, 2.24) is 24.1 Å². The zero-order chi connectivity index (χ0) is 27.3. The summed E-state index contributed by atoms with van der Waals surface area (Å²) in [6, 6.07) is 36.6. The molecule has 41 heavy (non-hydrogen) atoms. The van der Waals surface area contributed by atoms with Gasteiger partial charge in [-0.25, -0.2) is 4.98 Å². The molecule has 0 saturated carbocycles. The third-order valence-electron chi connectivity index (χ3n) is 8.81. The molecule has 0 amide bonds. The number of aromatic nitrogens is 5. The molecule has 5 heteroatoms. The lowest BCUT2D eigenvalue weighted by Crippen LogP contribution is -2.15. The molecule has 0 fully saturated rings. The van der Waals surface area contributed by atoms with E-state index in [1.54, 1.807) is 0 Å². The Morgan fingerprint density at radius 3 is 1.80 bits per heavy atom. The van der Waals surface area contributed by atoms with E-state index in [-0.39, 0.29) is 5.41 Å². The second-order valence-corrected chi connectivity index (χ2v) is 11.4. The number of pyridine rings is 3. The van der Waals surface area contributed by atoms with Crippen molar-refractivity contribution in [3.63, 3.8) is 0 Å². The largest absolute Gasteiger partial charge is 0.306 e. The molecule has 5 aromatic heterocycles. The molecular weight excluding hydrogens is 502 g/mol. The predicted octanol–water partition coefficient (Wildman–Crippen LogP) is 8.37. The van der Waals surface area contributed by atoms with Crippen LogP contribution in [-0.4, -0.2) is 24.1 Å². The maximum absolute atomic E-state index is 5.29. The fourth-order valence-corrected chi connectivity index (χ4v) is 6.93. The Labute approximate surface area is 236 Å². The maximum Gasteiger partial charge on any atom is 0.116 e. The lowest BCUT2D eigenvalue weighted by molar-refractivity contribution is 0.660. The number of fused-ring (bicyclic) bond motifs is 9. The Morgan fingerprint density at radius 2 is 1.10 bits per heavy atom. The molecule has 1 aliphatic rings. The summed E-state index contributed by atoms with van der Waals surface area (Å²) in [5.74, 6) is 0. The van der Waals surface area contributed by atoms with E-state index in [9.17, 15) is 0 Å². The van der Waals surface area contributed by atoms with Crippen LogP contribution in [0.1, 0.15) is 25.0 Å². The Bertz CT molecular complexity index is 2340. The molecule has 5 nitrogen and oxygen atoms in total. The third kappa shape index (κ3) is 2.92. The summed E-state index contributed by atoms with van der Waals surface area (Å²) < 4.78 is 4.59. The van der Waals surface area contributed by atoms with Crippen molar-refractivity contribution >= 4 is 44.1 Å². The van der Waals surface area contributed by atoms with Crippen LogP contribution in [0.3, 0.4) is 0 Å². The Morgan fingerprint density at radius 1 is 0.488 bits per heavy atom. The van der Waals surface area contributed by atoms with E-state index in [4.69, 9.17) is 15.0 Å². The maximum atomic E-state index is 5.29. The molecule has 0 unspecified atom stereocenters. The molecule has 0 radical (unpaired) electrons. The average Bonchev–Trinajstić information content (AvgIpc) is 3.60. The van der Waals surface area contributed by atoms with Gasteiger partial charge in [0, 0.05) is 29.2 Å². The van der Waals surface area contributed by atoms with Crippen molar-refractivity contribution in [2.75, 3.05) is 0 Å². The van der Waals surface area contributed by atoms with Gasteiger partial charge in [-0.2, -0.15) is 0 Å². The average molecular weight is 528 g/mol. The van der Waals surface area contributed by atoms with Crippen LogP contribution in [0.25, 0.3) is 66.6 Å². The van der Waals surface area contributed by atoms with Crippen LogP contribution in [0.4, 0.5) is 0 Å². The number of para-hydroxylation sites is 1. The van der Waals surface area contributed by atoms with E-state index in [2.05, 4.69) is 108 Å². The van der Waals surface area contributed by atoms with Gasteiger partial charge in [-0.3, -0.25) is 9.97 Å². The normalized spacial score (nSPS) is 13.8. The highest BCUT2D eigenvalue weighted by Gasteiger charge is 2.35. The molecule has 1 aliphatic carbocycles. The minimum Gasteiger partial charge on any atom is -0.306 e. The van der Waals surface area contributed by atoms with Gasteiger partial charge in [0.15, 0.2) is 0 Å². The van der Waals surface area contributed by atoms with E-state index in [0.29, 0.717) is 0 Å². The monoisotopic (exact) mass is 527 g/mol. The number of hydrogen-bond acceptors (Lipinski definition) is 3. The first-order valence-electron chi connectivity index (χ1n) is 14.0. The van der Waals surface area contributed by atoms with Gasteiger partial charge in [-0.05, 0) is 76.9 Å². The zero-order valence-electron chi connectivity index (χ0n) is 22.7. The molecular formula is C36H25N5. The third-order valence-corrected chi connectivity index (χ3v) is 8.81. The molecule has 3 aromatic carbocycles. The van der Waals surface area contributed by atoms with Gasteiger partial charge in [0.2, 0.25) is 0 Å². The van der Waals surface area contributed by atoms with E-state index < -0.39 is 0 Å². The fourth-order valence-electron chi connectivity index (χ4n) is 6.93. The molecule has 194 valence electrons. The minimum absolute atomic E-state index is 0.0874. The zero-order valence-corrected chi connectivity index (χ0v) is 22.7. The van der Waals surface area contributed by atoms with Crippen LogP contribution in [0.2, 0.25) is 0 Å². The van der Waals surface area contributed by atoms with Crippen molar-refractivity contribution in [3.05, 3.63) is 127 Å². The first kappa shape index (κ1) is 22.5. The summed E-state index contributed by atoms with van der Waals surface area (Å²) in [6.07, 6.45) is 3.70. The molecule has 0 spiro atoms. The summed E-state index contributed by atoms with van der Waals surface area (Å²) in [4.78, 5) is 14.9. The Kier molecular flexibility index (Phi) is 4.33. The van der Waals surface area contributed by atoms with Gasteiger partial charge in [-0.15, -0.1) is 0 Å². The van der Waals surface area contributed by atoms with Gasteiger partial charge < -0.3 is 9.13 Å². The number of nitrogens with zero attached hydrogens (tertiary/aromatic N) is 5. The van der Waals surface area contributed by atoms with Gasteiger partial charge in [-0.1, -0.05) is 62.4 Å². The van der Waals surface area contributed by atoms with E-state index >= 15 is 0 Å². The van der Waals surface area contributed by atoms with Gasteiger partial charge in [0.25, 0.3) is 0 Å². The van der Waals surface area contributed by atoms with Crippen LogP contribution < -0.4 is 0 Å². The smallest absolute Gasteiger partial charge is 0.116 e. The van der Waals surface area contributed by atoms with E-state index in [1.807, 2.05) is 30.6 Å². The van der Waals surface area contributed by atoms with Gasteiger partial charge in [0.1, 0.15) is 22.1 Å². The lowest BCUT2D eigenvalue weighted by Gasteiger charge is -2.22. The van der Waals surface area contributed by atoms with Crippen LogP contribution >= 0.6 is 0 Å². The van der Waals surface area contributed by atoms with Crippen LogP contribution in [0.5, 0.6) is 0 Å². The summed E-state index contributed by atoms with van der Waals surface area (Å²) in [5, 5.41) is 0. The second-order valence-electron chi connectivity index (χ2n) is 11.4. The minimum atomic E-state index is -0.0874. The van der Waals surface area contributed by atoms with Gasteiger partial charge in [0.05, 0.1) is 22.1 Å². The number of rotatable bonds is 2. The molecule has 9 rings (SSSR count). The number of hydrogen-bond donors (Lipinski definition) is 0. The van der Waals surface area contributed by atoms with Crippen molar-refractivity contribution in [1.29, 1.82) is 0 Å². The molecule has 8 aromatic rings. The highest BCUT2D eigenvalue weighted by atomic mass is 15.1. The standard InChI is InChI=1S/C36H25N5/c1-36(2)26-13-7-6-12-24(26)25-17-16-23(20-27(25)36)41-29-15-9-19-38-33(29)35-31(41)21-30-34(39-35)32-28(14-8-18-37-32)40(30)22-10-4-3-5-11-22/h3-21H,1-2H3. The summed E-state index contributed by atoms with van der Waals surface area (Å²) >= 11 is 0. The van der Waals surface area contributed by atoms with Crippen LogP contribution in [-0.2, 0) is 5.41 Å². The highest BCUT2D eigenvalue weighted by Crippen LogP contribution is 2.49. The lowest BCUT2D eigenvalue weighted by atomic mass is 9.82. The summed E-state index contributed by atoms with van der Waals surface area (Å²) in [6.45, 7) is 4.65. The summed E-state index contributed by atoms with van der Waals surface area (Å²) in [5.41, 5.74) is 15.1. The molecule has 5 heterocycles. The molecule has 0 bridgehead atoms. The van der Waals surface area contributed by atoms with Gasteiger partial charge >= 0.3 is 0 Å². The van der Waals surface area contributed by atoms with Crippen molar-refractivity contribution in [2.24, 2.45) is 0 Å². The predicted molar refractivity (Wildman–Crippen MR) is 166 cm³/mol. The number of benzene rings is 3. The second kappa shape index (κ2) is 7.89. The highest BCUT2D eigenvalue weighted by molar-refractivity contribution is 6.13. The molecule has 0 saturated heterocycles. The SMILES string of the molecule is CC1(C)c2ccccc2-c2ccc(-n3c4cccnc4c4nc5c6ncccc6n(-c6ccccc6)c5cc43)cc21. The topological polar surface area (TPSA) is 48.5 Å². The molecule has 0 N–H and O–H groups in total. The van der Waals surface area contributed by atoms with E-state index in [1.165, 1.54) is 22.3 Å². The Balaban J connectivity index is 1.39. The first-order valence-corrected chi connectivity index (χ1v) is 14.0. The fraction of sp³-hybridized carbons (Fsp3) is 0.0833. The molecule has 0 aliphatic heterocycles. The molecule has 0 atom stereocenters. The van der Waals surface area contributed by atoms with Crippen molar-refractivity contribution < 1.29 is 0 Å². The van der Waals surface area contributed by atoms with Crippen molar-refractivity contribution in [3.8, 4) is 22.5 Å². The van der Waals surface area contributed by atoms with Crippen LogP contribution in [0.15, 0.2) is 116 Å². The van der Waals surface area contributed by atoms with Crippen LogP contribution in [0, 0.1) is 0 Å². The Hall–Kier alpha value is -5.29. The van der Waals surface area contributed by atoms with Crippen molar-refractivity contribution in [2.45, 2.75) is 19.3 Å². The first-order chi connectivity index (χ1) is 20.1. The van der Waals surface area contributed by atoms with E-state index in [0.717, 1.165) is 55.5 Å². The summed E-state index contributed by atoms with van der Waals surface area (Å²) in [7, 11) is 0. The quantitative estimate of drug-likeness (QED) is 0.227.